The molecule has 3 aromatic rings. The number of halogens is 2. The first-order valence-electron chi connectivity index (χ1n) is 8.52. The predicted octanol–water partition coefficient (Wildman–Crippen LogP) is 4.16. The van der Waals surface area contributed by atoms with Crippen molar-refractivity contribution < 1.29 is 23.1 Å². The number of ether oxygens (including phenoxy) is 1. The average Bonchev–Trinajstić information content (AvgIpc) is 3.22. The smallest absolute Gasteiger partial charge is 0.329 e. The van der Waals surface area contributed by atoms with E-state index in [-0.39, 0.29) is 29.4 Å². The maximum absolute atomic E-state index is 13.9. The van der Waals surface area contributed by atoms with Gasteiger partial charge in [-0.05, 0) is 29.8 Å². The number of amides is 1. The fraction of sp³-hybridized carbons (Fsp3) is 0.143. The summed E-state index contributed by atoms with van der Waals surface area (Å²) < 4.78 is 24.2. The molecule has 1 atom stereocenters. The predicted molar refractivity (Wildman–Crippen MR) is 101 cm³/mol. The molecule has 0 saturated heterocycles. The maximum Gasteiger partial charge on any atom is 0.329 e. The van der Waals surface area contributed by atoms with Crippen LogP contribution in [0.2, 0.25) is 5.02 Å². The van der Waals surface area contributed by atoms with Gasteiger partial charge < -0.3 is 14.5 Å². The summed E-state index contributed by atoms with van der Waals surface area (Å²) in [5.41, 5.74) is 0.904. The molecule has 1 N–H and O–H groups in total. The molecule has 3 rings (SSSR count). The van der Waals surface area contributed by atoms with E-state index in [1.807, 2.05) is 30.3 Å². The normalized spacial score (nSPS) is 11.6. The van der Waals surface area contributed by atoms with Gasteiger partial charge in [0.25, 0.3) is 5.91 Å². The molecule has 0 bridgehead atoms. The van der Waals surface area contributed by atoms with Crippen molar-refractivity contribution in [1.29, 1.82) is 0 Å². The Morgan fingerprint density at radius 3 is 2.54 bits per heavy atom. The summed E-state index contributed by atoms with van der Waals surface area (Å²) >= 11 is 5.96. The number of benzene rings is 2. The Hall–Kier alpha value is -3.12. The van der Waals surface area contributed by atoms with Crippen molar-refractivity contribution in [3.05, 3.63) is 94.7 Å². The summed E-state index contributed by atoms with van der Waals surface area (Å²) in [6.45, 7) is -0.341. The lowest BCUT2D eigenvalue weighted by atomic mass is 10.1. The van der Waals surface area contributed by atoms with E-state index in [0.29, 0.717) is 0 Å². The first-order chi connectivity index (χ1) is 13.5. The van der Waals surface area contributed by atoms with E-state index in [1.165, 1.54) is 30.5 Å². The second-order valence-corrected chi connectivity index (χ2v) is 6.41. The van der Waals surface area contributed by atoms with Gasteiger partial charge in [0.15, 0.2) is 5.76 Å². The molecule has 0 aliphatic heterocycles. The second kappa shape index (κ2) is 9.19. The largest absolute Gasteiger partial charge is 0.459 e. The molecule has 0 aliphatic rings. The molecule has 1 aromatic heterocycles. The maximum atomic E-state index is 13.9. The summed E-state index contributed by atoms with van der Waals surface area (Å²) in [6.07, 6.45) is 1.57. The number of hydrogen-bond donors (Lipinski definition) is 1. The number of rotatable bonds is 7. The van der Waals surface area contributed by atoms with Crippen molar-refractivity contribution in [1.82, 2.24) is 5.32 Å². The van der Waals surface area contributed by atoms with Crippen LogP contribution in [0.15, 0.2) is 71.3 Å². The lowest BCUT2D eigenvalue weighted by Crippen LogP contribution is -2.43. The van der Waals surface area contributed by atoms with Gasteiger partial charge in [0.05, 0.1) is 11.3 Å². The Morgan fingerprint density at radius 2 is 1.86 bits per heavy atom. The van der Waals surface area contributed by atoms with E-state index in [0.717, 1.165) is 5.56 Å². The summed E-state index contributed by atoms with van der Waals surface area (Å²) in [6, 6.07) is 15.4. The van der Waals surface area contributed by atoms with Crippen LogP contribution < -0.4 is 5.32 Å². The fourth-order valence-electron chi connectivity index (χ4n) is 2.59. The van der Waals surface area contributed by atoms with Gasteiger partial charge in [-0.2, -0.15) is 0 Å². The molecular weight excluding hydrogens is 385 g/mol. The van der Waals surface area contributed by atoms with Crippen molar-refractivity contribution in [3.63, 3.8) is 0 Å². The van der Waals surface area contributed by atoms with Crippen LogP contribution in [-0.4, -0.2) is 17.9 Å². The topological polar surface area (TPSA) is 68.5 Å². The van der Waals surface area contributed by atoms with Crippen LogP contribution in [0.5, 0.6) is 0 Å². The zero-order valence-corrected chi connectivity index (χ0v) is 15.5. The Morgan fingerprint density at radius 1 is 1.07 bits per heavy atom. The van der Waals surface area contributed by atoms with Gasteiger partial charge in [-0.3, -0.25) is 4.79 Å². The van der Waals surface area contributed by atoms with Crippen molar-refractivity contribution in [2.45, 2.75) is 19.1 Å². The molecule has 0 aliphatic carbocycles. The molecule has 1 unspecified atom stereocenters. The molecule has 144 valence electrons. The van der Waals surface area contributed by atoms with E-state index in [4.69, 9.17) is 20.8 Å². The van der Waals surface area contributed by atoms with Crippen LogP contribution in [0.25, 0.3) is 0 Å². The minimum absolute atomic E-state index is 0.0722. The van der Waals surface area contributed by atoms with Crippen LogP contribution in [0.4, 0.5) is 4.39 Å². The minimum Gasteiger partial charge on any atom is -0.459 e. The Kier molecular flexibility index (Phi) is 6.45. The van der Waals surface area contributed by atoms with E-state index in [2.05, 4.69) is 5.32 Å². The molecule has 7 heteroatoms. The highest BCUT2D eigenvalue weighted by Crippen LogP contribution is 2.20. The molecule has 2 aromatic carbocycles. The highest BCUT2D eigenvalue weighted by molar-refractivity contribution is 6.31. The third-order valence-corrected chi connectivity index (χ3v) is 4.39. The van der Waals surface area contributed by atoms with Gasteiger partial charge in [0, 0.05) is 12.0 Å². The van der Waals surface area contributed by atoms with E-state index < -0.39 is 23.7 Å². The molecule has 5 nitrogen and oxygen atoms in total. The zero-order chi connectivity index (χ0) is 19.9. The Balaban J connectivity index is 1.73. The van der Waals surface area contributed by atoms with Crippen molar-refractivity contribution in [3.8, 4) is 0 Å². The fourth-order valence-corrected chi connectivity index (χ4v) is 2.81. The molecule has 0 fully saturated rings. The number of hydrogen-bond acceptors (Lipinski definition) is 4. The average molecular weight is 402 g/mol. The van der Waals surface area contributed by atoms with Gasteiger partial charge >= 0.3 is 5.97 Å². The number of carbonyl (C=O) groups excluding carboxylic acids is 2. The number of carbonyl (C=O) groups is 2. The zero-order valence-electron chi connectivity index (χ0n) is 14.7. The van der Waals surface area contributed by atoms with Gasteiger partial charge in [-0.25, -0.2) is 9.18 Å². The first-order valence-corrected chi connectivity index (χ1v) is 8.90. The second-order valence-electron chi connectivity index (χ2n) is 6.00. The quantitative estimate of drug-likeness (QED) is 0.604. The van der Waals surface area contributed by atoms with Crippen molar-refractivity contribution >= 4 is 23.5 Å². The summed E-state index contributed by atoms with van der Waals surface area (Å²) in [5, 5.41) is 2.76. The molecular formula is C21H17ClFNO4. The van der Waals surface area contributed by atoms with Crippen LogP contribution in [-0.2, 0) is 22.6 Å². The SMILES string of the molecule is O=C(NC(Cc1ccccc1)C(=O)OCc1c(F)cccc1Cl)c1ccco1. The number of nitrogens with one attached hydrogen (secondary N) is 1. The number of furan rings is 1. The van der Waals surface area contributed by atoms with Crippen LogP contribution in [0.1, 0.15) is 21.7 Å². The third-order valence-electron chi connectivity index (χ3n) is 4.04. The highest BCUT2D eigenvalue weighted by atomic mass is 35.5. The molecule has 0 spiro atoms. The number of esters is 1. The summed E-state index contributed by atoms with van der Waals surface area (Å²) in [5.74, 6) is -1.75. The molecule has 28 heavy (non-hydrogen) atoms. The van der Waals surface area contributed by atoms with Crippen molar-refractivity contribution in [2.24, 2.45) is 0 Å². The molecule has 0 radical (unpaired) electrons. The summed E-state index contributed by atoms with van der Waals surface area (Å²) in [7, 11) is 0. The van der Waals surface area contributed by atoms with Crippen molar-refractivity contribution in [2.75, 3.05) is 0 Å². The van der Waals surface area contributed by atoms with Crippen LogP contribution in [0.3, 0.4) is 0 Å². The van der Waals surface area contributed by atoms with Gasteiger partial charge in [0.2, 0.25) is 0 Å². The van der Waals surface area contributed by atoms with E-state index in [9.17, 15) is 14.0 Å². The monoisotopic (exact) mass is 401 g/mol. The van der Waals surface area contributed by atoms with Crippen LogP contribution >= 0.6 is 11.6 Å². The lowest BCUT2D eigenvalue weighted by molar-refractivity contribution is -0.147. The molecule has 1 amide bonds. The minimum atomic E-state index is -0.981. The Labute approximate surface area is 166 Å². The summed E-state index contributed by atoms with van der Waals surface area (Å²) in [4.78, 5) is 24.9. The highest BCUT2D eigenvalue weighted by Gasteiger charge is 2.25. The Bertz CT molecular complexity index is 924. The molecule has 1 heterocycles. The standard InChI is InChI=1S/C21H17ClFNO4/c22-16-8-4-9-17(23)15(16)13-28-21(26)18(12-14-6-2-1-3-7-14)24-20(25)19-10-5-11-27-19/h1-11,18H,12-13H2,(H,24,25). The van der Waals surface area contributed by atoms with Gasteiger partial charge in [-0.1, -0.05) is 48.0 Å². The van der Waals surface area contributed by atoms with Gasteiger partial charge in [0.1, 0.15) is 18.5 Å². The first kappa shape index (κ1) is 19.6. The van der Waals surface area contributed by atoms with E-state index >= 15 is 0 Å². The van der Waals surface area contributed by atoms with E-state index in [1.54, 1.807) is 6.07 Å². The lowest BCUT2D eigenvalue weighted by Gasteiger charge is -2.18. The van der Waals surface area contributed by atoms with Crippen LogP contribution in [0, 0.1) is 5.82 Å². The molecule has 0 saturated carbocycles. The third kappa shape index (κ3) is 4.98. The van der Waals surface area contributed by atoms with Gasteiger partial charge in [-0.15, -0.1) is 0 Å².